The first-order valence-corrected chi connectivity index (χ1v) is 6.65. The summed E-state index contributed by atoms with van der Waals surface area (Å²) < 4.78 is 5.44. The maximum atomic E-state index is 11.4. The number of hydrogen-bond donors (Lipinski definition) is 1. The van der Waals surface area contributed by atoms with Crippen LogP contribution in [-0.2, 0) is 14.3 Å². The molecule has 1 rings (SSSR count). The Morgan fingerprint density at radius 2 is 2.39 bits per heavy atom. The van der Waals surface area contributed by atoms with Gasteiger partial charge in [0.15, 0.2) is 5.78 Å². The summed E-state index contributed by atoms with van der Waals surface area (Å²) in [7, 11) is 1.37. The minimum atomic E-state index is -0.632. The van der Waals surface area contributed by atoms with E-state index in [9.17, 15) is 14.7 Å². The lowest BCUT2D eigenvalue weighted by atomic mass is 10.1. The van der Waals surface area contributed by atoms with Crippen molar-refractivity contribution in [2.75, 3.05) is 7.11 Å². The van der Waals surface area contributed by atoms with Crippen LogP contribution in [0, 0.1) is 0 Å². The first-order valence-electron chi connectivity index (χ1n) is 5.86. The van der Waals surface area contributed by atoms with Crippen LogP contribution >= 0.6 is 15.9 Å². The molecule has 0 aromatic carbocycles. The van der Waals surface area contributed by atoms with E-state index in [1.54, 1.807) is 6.08 Å². The molecule has 1 aliphatic rings. The molecule has 0 amide bonds. The molecule has 0 aliphatic heterocycles. The second-order valence-electron chi connectivity index (χ2n) is 4.18. The topological polar surface area (TPSA) is 63.6 Å². The quantitative estimate of drug-likeness (QED) is 0.603. The Hall–Kier alpha value is -0.940. The van der Waals surface area contributed by atoms with Crippen molar-refractivity contribution < 1.29 is 19.4 Å². The van der Waals surface area contributed by atoms with Crippen molar-refractivity contribution >= 4 is 27.7 Å². The lowest BCUT2D eigenvalue weighted by Gasteiger charge is -2.00. The number of Topliss-reactive ketones (excluding diaryl/α,β-unsaturated/α-hetero) is 1. The number of aliphatic hydroxyl groups is 1. The SMILES string of the molecule is COC(=O)CCCC=C(Br)CC1=CC(O)CC1=O. The van der Waals surface area contributed by atoms with Crippen molar-refractivity contribution in [1.82, 2.24) is 0 Å². The number of carbonyl (C=O) groups excluding carboxylic acids is 2. The first kappa shape index (κ1) is 15.1. The van der Waals surface area contributed by atoms with Gasteiger partial charge in [-0.1, -0.05) is 22.0 Å². The largest absolute Gasteiger partial charge is 0.469 e. The Kier molecular flexibility index (Phi) is 6.29. The van der Waals surface area contributed by atoms with Gasteiger partial charge in [0.1, 0.15) is 0 Å². The molecule has 0 saturated heterocycles. The van der Waals surface area contributed by atoms with E-state index in [2.05, 4.69) is 20.7 Å². The van der Waals surface area contributed by atoms with E-state index < -0.39 is 6.10 Å². The summed E-state index contributed by atoms with van der Waals surface area (Å²) in [6, 6.07) is 0. The summed E-state index contributed by atoms with van der Waals surface area (Å²) in [5, 5.41) is 9.30. The van der Waals surface area contributed by atoms with Gasteiger partial charge in [0.2, 0.25) is 0 Å². The van der Waals surface area contributed by atoms with E-state index in [1.807, 2.05) is 6.08 Å². The molecule has 0 spiro atoms. The molecular formula is C13H17BrO4. The average molecular weight is 317 g/mol. The summed E-state index contributed by atoms with van der Waals surface area (Å²) in [5.41, 5.74) is 0.651. The highest BCUT2D eigenvalue weighted by atomic mass is 79.9. The fourth-order valence-electron chi connectivity index (χ4n) is 1.72. The predicted molar refractivity (Wildman–Crippen MR) is 71.2 cm³/mol. The van der Waals surface area contributed by atoms with Crippen LogP contribution < -0.4 is 0 Å². The summed E-state index contributed by atoms with van der Waals surface area (Å²) >= 11 is 3.39. The Morgan fingerprint density at radius 1 is 1.67 bits per heavy atom. The molecule has 0 aromatic rings. The number of unbranched alkanes of at least 4 members (excludes halogenated alkanes) is 1. The molecule has 1 N–H and O–H groups in total. The van der Waals surface area contributed by atoms with Gasteiger partial charge >= 0.3 is 5.97 Å². The number of aliphatic hydroxyl groups excluding tert-OH is 1. The fourth-order valence-corrected chi connectivity index (χ4v) is 2.25. The van der Waals surface area contributed by atoms with Crippen molar-refractivity contribution in [2.24, 2.45) is 0 Å². The van der Waals surface area contributed by atoms with Gasteiger partial charge in [0.05, 0.1) is 13.2 Å². The van der Waals surface area contributed by atoms with Crippen LogP contribution in [0.1, 0.15) is 32.1 Å². The van der Waals surface area contributed by atoms with E-state index in [0.29, 0.717) is 18.4 Å². The maximum Gasteiger partial charge on any atom is 0.305 e. The van der Waals surface area contributed by atoms with E-state index in [0.717, 1.165) is 17.3 Å². The zero-order valence-corrected chi connectivity index (χ0v) is 11.9. The van der Waals surface area contributed by atoms with Crippen molar-refractivity contribution in [2.45, 2.75) is 38.2 Å². The number of allylic oxidation sites excluding steroid dienone is 3. The zero-order valence-electron chi connectivity index (χ0n) is 10.3. The highest BCUT2D eigenvalue weighted by Crippen LogP contribution is 2.25. The lowest BCUT2D eigenvalue weighted by Crippen LogP contribution is -2.01. The predicted octanol–water partition coefficient (Wildman–Crippen LogP) is 2.26. The van der Waals surface area contributed by atoms with E-state index in [1.165, 1.54) is 7.11 Å². The highest BCUT2D eigenvalue weighted by molar-refractivity contribution is 9.11. The van der Waals surface area contributed by atoms with Gasteiger partial charge in [-0.25, -0.2) is 0 Å². The van der Waals surface area contributed by atoms with Gasteiger partial charge < -0.3 is 9.84 Å². The normalized spacial score (nSPS) is 19.9. The molecule has 1 aliphatic carbocycles. The monoisotopic (exact) mass is 316 g/mol. The number of carbonyl (C=O) groups is 2. The van der Waals surface area contributed by atoms with Gasteiger partial charge in [-0.05, 0) is 29.0 Å². The lowest BCUT2D eigenvalue weighted by molar-refractivity contribution is -0.140. The molecule has 0 saturated carbocycles. The van der Waals surface area contributed by atoms with Gasteiger partial charge in [0, 0.05) is 19.3 Å². The maximum absolute atomic E-state index is 11.4. The van der Waals surface area contributed by atoms with Crippen LogP contribution in [0.2, 0.25) is 0 Å². The van der Waals surface area contributed by atoms with Crippen LogP contribution in [-0.4, -0.2) is 30.1 Å². The molecule has 0 bridgehead atoms. The molecule has 0 heterocycles. The molecule has 4 nitrogen and oxygen atoms in total. The Morgan fingerprint density at radius 3 is 2.94 bits per heavy atom. The number of rotatable bonds is 6. The van der Waals surface area contributed by atoms with Crippen molar-refractivity contribution in [3.05, 3.63) is 22.2 Å². The Balaban J connectivity index is 2.32. The number of ether oxygens (including phenoxy) is 1. The van der Waals surface area contributed by atoms with Gasteiger partial charge in [-0.15, -0.1) is 0 Å². The molecule has 1 unspecified atom stereocenters. The number of ketones is 1. The van der Waals surface area contributed by atoms with Gasteiger partial charge in [-0.2, -0.15) is 0 Å². The first-order chi connectivity index (χ1) is 8.52. The van der Waals surface area contributed by atoms with E-state index in [-0.39, 0.29) is 18.2 Å². The fraction of sp³-hybridized carbons (Fsp3) is 0.538. The van der Waals surface area contributed by atoms with E-state index >= 15 is 0 Å². The molecular weight excluding hydrogens is 300 g/mol. The number of methoxy groups -OCH3 is 1. The van der Waals surface area contributed by atoms with Crippen molar-refractivity contribution in [3.63, 3.8) is 0 Å². The molecule has 18 heavy (non-hydrogen) atoms. The second kappa shape index (κ2) is 7.48. The number of esters is 1. The Labute approximate surface area is 115 Å². The highest BCUT2D eigenvalue weighted by Gasteiger charge is 2.21. The minimum Gasteiger partial charge on any atom is -0.469 e. The number of hydrogen-bond acceptors (Lipinski definition) is 4. The van der Waals surface area contributed by atoms with Crippen molar-refractivity contribution in [1.29, 1.82) is 0 Å². The van der Waals surface area contributed by atoms with Crippen LogP contribution in [0.25, 0.3) is 0 Å². The zero-order chi connectivity index (χ0) is 13.5. The third-order valence-corrected chi connectivity index (χ3v) is 3.29. The van der Waals surface area contributed by atoms with Crippen molar-refractivity contribution in [3.8, 4) is 0 Å². The van der Waals surface area contributed by atoms with Crippen LogP contribution in [0.3, 0.4) is 0 Å². The summed E-state index contributed by atoms with van der Waals surface area (Å²) in [4.78, 5) is 22.3. The second-order valence-corrected chi connectivity index (χ2v) is 5.20. The molecule has 5 heteroatoms. The van der Waals surface area contributed by atoms with Gasteiger partial charge in [0.25, 0.3) is 0 Å². The summed E-state index contributed by atoms with van der Waals surface area (Å²) in [6.07, 6.45) is 5.48. The van der Waals surface area contributed by atoms with Gasteiger partial charge in [-0.3, -0.25) is 9.59 Å². The molecule has 100 valence electrons. The summed E-state index contributed by atoms with van der Waals surface area (Å²) in [5.74, 6) is -0.210. The third-order valence-electron chi connectivity index (χ3n) is 2.68. The molecule has 1 atom stereocenters. The standard InChI is InChI=1S/C13H17BrO4/c1-18-13(17)5-3-2-4-10(14)6-9-7-11(15)8-12(9)16/h4,7,11,15H,2-3,5-6,8H2,1H3. The van der Waals surface area contributed by atoms with E-state index in [4.69, 9.17) is 0 Å². The van der Waals surface area contributed by atoms with Crippen LogP contribution in [0.15, 0.2) is 22.2 Å². The van der Waals surface area contributed by atoms with Crippen LogP contribution in [0.5, 0.6) is 0 Å². The smallest absolute Gasteiger partial charge is 0.305 e. The van der Waals surface area contributed by atoms with Crippen LogP contribution in [0.4, 0.5) is 0 Å². The Bertz CT molecular complexity index is 384. The minimum absolute atomic E-state index is 0.00223. The average Bonchev–Trinajstić information content (AvgIpc) is 2.63. The summed E-state index contributed by atoms with van der Waals surface area (Å²) in [6.45, 7) is 0. The third kappa shape index (κ3) is 5.14. The number of halogens is 1. The molecule has 0 fully saturated rings. The molecule has 0 radical (unpaired) electrons. The molecule has 0 aromatic heterocycles.